The highest BCUT2D eigenvalue weighted by Gasteiger charge is 2.56. The van der Waals surface area contributed by atoms with Gasteiger partial charge in [0.05, 0.1) is 10.8 Å². The van der Waals surface area contributed by atoms with Crippen LogP contribution in [0.5, 0.6) is 0 Å². The molecule has 11 aromatic rings. The van der Waals surface area contributed by atoms with Gasteiger partial charge < -0.3 is 0 Å². The first-order valence-electron chi connectivity index (χ1n) is 41.8. The second-order valence-corrected chi connectivity index (χ2v) is 31.8. The molecule has 0 fully saturated rings. The van der Waals surface area contributed by atoms with E-state index in [-0.39, 0.29) is 0 Å². The van der Waals surface area contributed by atoms with Crippen LogP contribution in [0.15, 0.2) is 231 Å². The lowest BCUT2D eigenvalue weighted by Gasteiger charge is -2.33. The Morgan fingerprint density at radius 3 is 0.615 bits per heavy atom. The van der Waals surface area contributed by atoms with Crippen LogP contribution >= 0.6 is 0 Å². The molecule has 0 aliphatic heterocycles. The number of fused-ring (bicyclic) bond motifs is 20. The van der Waals surface area contributed by atoms with Crippen molar-refractivity contribution in [3.63, 3.8) is 0 Å². The standard InChI is InChI=1S/C104H114/c1-5-9-13-17-21-25-29-37-75-45-53-79(54-46-75)83-61-65-89-90-66-62-84(80-55-47-76(48-56-80)38-30-26-22-18-14-10-6-2)70-98(90)103(97(89)69-83)95-43-35-33-41-87(95)93-74-102-94(73-101(93)103)88-42-34-36-44-96(88)104(102)99-71-85(81-57-49-77(50-58-81)39-31-27-23-19-15-11-7-3)63-67-91(99)92-68-64-86(72-100(92)104)82-59-51-78(52-60-82)40-32-28-24-20-16-12-8-4/h33-36,41-74H,5-32,37-40H2,1-4H3. The van der Waals surface area contributed by atoms with Crippen LogP contribution in [0.2, 0.25) is 0 Å². The van der Waals surface area contributed by atoms with Gasteiger partial charge in [0.25, 0.3) is 0 Å². The first kappa shape index (κ1) is 71.1. The van der Waals surface area contributed by atoms with E-state index in [9.17, 15) is 0 Å². The second-order valence-electron chi connectivity index (χ2n) is 31.8. The van der Waals surface area contributed by atoms with E-state index in [4.69, 9.17) is 0 Å². The molecule has 0 saturated heterocycles. The lowest BCUT2D eigenvalue weighted by molar-refractivity contribution is 0.589. The van der Waals surface area contributed by atoms with Gasteiger partial charge in [0, 0.05) is 0 Å². The SMILES string of the molecule is CCCCCCCCCc1ccc(-c2ccc3c(c2)C2(c4ccccc4-c4cc5c(cc42)-c2ccccc2C52c4cc(-c5ccc(CCCCCCCCC)cc5)ccc4-c4ccc(-c5ccc(CCCCCCCCC)cc5)cc42)c2cc(-c4ccc(CCCCCCCCC)cc4)ccc2-3)cc1. The highest BCUT2D eigenvalue weighted by Crippen LogP contribution is 2.69. The van der Waals surface area contributed by atoms with Crippen molar-refractivity contribution in [3.05, 3.63) is 297 Å². The number of rotatable bonds is 36. The molecule has 15 rings (SSSR count). The third-order valence-corrected chi connectivity index (χ3v) is 24.9. The molecule has 0 amide bonds. The van der Waals surface area contributed by atoms with Gasteiger partial charge in [-0.15, -0.1) is 0 Å². The predicted octanol–water partition coefficient (Wildman–Crippen LogP) is 30.2. The van der Waals surface area contributed by atoms with Crippen LogP contribution in [0.3, 0.4) is 0 Å². The van der Waals surface area contributed by atoms with E-state index in [2.05, 4.69) is 258 Å². The summed E-state index contributed by atoms with van der Waals surface area (Å²) in [5.41, 5.74) is 36.7. The largest absolute Gasteiger partial charge is 0.0726 e. The van der Waals surface area contributed by atoms with Gasteiger partial charge in [-0.1, -0.05) is 376 Å². The van der Waals surface area contributed by atoms with Gasteiger partial charge in [-0.2, -0.15) is 0 Å². The zero-order valence-corrected chi connectivity index (χ0v) is 63.6. The molecule has 0 radical (unpaired) electrons. The first-order valence-corrected chi connectivity index (χ1v) is 41.8. The Morgan fingerprint density at radius 1 is 0.163 bits per heavy atom. The highest BCUT2D eigenvalue weighted by atomic mass is 14.6. The summed E-state index contributed by atoms with van der Waals surface area (Å²) in [6.07, 6.45) is 41.9. The predicted molar refractivity (Wildman–Crippen MR) is 448 cm³/mol. The van der Waals surface area contributed by atoms with Gasteiger partial charge in [0.2, 0.25) is 0 Å². The topological polar surface area (TPSA) is 0 Å². The van der Waals surface area contributed by atoms with E-state index in [1.807, 2.05) is 0 Å². The maximum absolute atomic E-state index is 2.73. The average molecular weight is 1360 g/mol. The van der Waals surface area contributed by atoms with E-state index >= 15 is 0 Å². The normalized spacial score (nSPS) is 13.4. The number of hydrogen-bond acceptors (Lipinski definition) is 0. The fourth-order valence-corrected chi connectivity index (χ4v) is 19.2. The van der Waals surface area contributed by atoms with Crippen molar-refractivity contribution < 1.29 is 0 Å². The van der Waals surface area contributed by atoms with Crippen molar-refractivity contribution in [2.45, 2.75) is 244 Å². The van der Waals surface area contributed by atoms with Gasteiger partial charge in [0.15, 0.2) is 0 Å². The first-order chi connectivity index (χ1) is 51.4. The van der Waals surface area contributed by atoms with Crippen LogP contribution in [-0.4, -0.2) is 0 Å². The highest BCUT2D eigenvalue weighted by molar-refractivity contribution is 6.02. The molecule has 0 heteroatoms. The summed E-state index contributed by atoms with van der Waals surface area (Å²) in [7, 11) is 0. The van der Waals surface area contributed by atoms with E-state index in [1.54, 1.807) is 0 Å². The smallest absolute Gasteiger partial charge is 0.0654 e. The minimum absolute atomic E-state index is 0.593. The van der Waals surface area contributed by atoms with Crippen LogP contribution in [0.4, 0.5) is 0 Å². The fraction of sp³-hybridized carbons (Fsp3) is 0.365. The molecule has 0 aromatic heterocycles. The van der Waals surface area contributed by atoms with Gasteiger partial charge >= 0.3 is 0 Å². The Kier molecular flexibility index (Phi) is 22.7. The molecule has 104 heavy (non-hydrogen) atoms. The van der Waals surface area contributed by atoms with Crippen LogP contribution in [0.1, 0.15) is 274 Å². The number of unbranched alkanes of at least 4 members (excludes halogenated alkanes) is 24. The third-order valence-electron chi connectivity index (χ3n) is 24.9. The van der Waals surface area contributed by atoms with Crippen LogP contribution in [0.25, 0.3) is 89.0 Å². The van der Waals surface area contributed by atoms with E-state index < -0.39 is 10.8 Å². The number of aryl methyl sites for hydroxylation is 4. The monoisotopic (exact) mass is 1360 g/mol. The van der Waals surface area contributed by atoms with E-state index in [0.29, 0.717) is 0 Å². The minimum Gasteiger partial charge on any atom is -0.0654 e. The van der Waals surface area contributed by atoms with Crippen molar-refractivity contribution >= 4 is 0 Å². The number of hydrogen-bond donors (Lipinski definition) is 0. The van der Waals surface area contributed by atoms with Gasteiger partial charge in [-0.25, -0.2) is 0 Å². The average Bonchev–Trinajstić information content (AvgIpc) is 1.49. The molecule has 4 aliphatic rings. The molecule has 530 valence electrons. The maximum Gasteiger partial charge on any atom is 0.0726 e. The Balaban J connectivity index is 0.859. The molecular formula is C104H114. The van der Waals surface area contributed by atoms with Crippen LogP contribution in [0, 0.1) is 0 Å². The molecule has 0 atom stereocenters. The van der Waals surface area contributed by atoms with Crippen LogP contribution < -0.4 is 0 Å². The lowest BCUT2D eigenvalue weighted by Crippen LogP contribution is -2.27. The van der Waals surface area contributed by atoms with Crippen molar-refractivity contribution in [2.24, 2.45) is 0 Å². The van der Waals surface area contributed by atoms with Crippen molar-refractivity contribution in [3.8, 4) is 89.0 Å². The van der Waals surface area contributed by atoms with Crippen molar-refractivity contribution in [1.82, 2.24) is 0 Å². The number of benzene rings is 11. The summed E-state index contributed by atoms with van der Waals surface area (Å²) >= 11 is 0. The zero-order valence-electron chi connectivity index (χ0n) is 63.6. The van der Waals surface area contributed by atoms with Crippen molar-refractivity contribution in [2.75, 3.05) is 0 Å². The lowest BCUT2D eigenvalue weighted by atomic mass is 9.68. The molecule has 0 unspecified atom stereocenters. The molecule has 2 spiro atoms. The molecule has 0 N–H and O–H groups in total. The molecule has 0 nitrogen and oxygen atoms in total. The Morgan fingerprint density at radius 2 is 0.365 bits per heavy atom. The fourth-order valence-electron chi connectivity index (χ4n) is 19.2. The van der Waals surface area contributed by atoms with Gasteiger partial charge in [-0.3, -0.25) is 0 Å². The quantitative estimate of drug-likeness (QED) is 0.0343. The molecule has 4 aliphatic carbocycles. The van der Waals surface area contributed by atoms with Gasteiger partial charge in [-0.05, 0) is 244 Å². The zero-order chi connectivity index (χ0) is 70.7. The summed E-state index contributed by atoms with van der Waals surface area (Å²) < 4.78 is 0. The summed E-state index contributed by atoms with van der Waals surface area (Å²) in [5, 5.41) is 0. The second kappa shape index (κ2) is 33.3. The molecular weight excluding hydrogens is 1250 g/mol. The van der Waals surface area contributed by atoms with Gasteiger partial charge in [0.1, 0.15) is 0 Å². The molecule has 0 bridgehead atoms. The summed E-state index contributed by atoms with van der Waals surface area (Å²) in [6.45, 7) is 9.25. The van der Waals surface area contributed by atoms with E-state index in [0.717, 1.165) is 25.7 Å². The Bertz CT molecular complexity index is 4180. The molecule has 0 heterocycles. The van der Waals surface area contributed by atoms with Crippen molar-refractivity contribution in [1.29, 1.82) is 0 Å². The van der Waals surface area contributed by atoms with Crippen LogP contribution in [-0.2, 0) is 36.5 Å². The third kappa shape index (κ3) is 14.2. The minimum atomic E-state index is -0.593. The summed E-state index contributed by atoms with van der Waals surface area (Å²) in [4.78, 5) is 0. The molecule has 11 aromatic carbocycles. The Hall–Kier alpha value is -8.58. The summed E-state index contributed by atoms with van der Waals surface area (Å²) in [6, 6.07) is 93.4. The maximum atomic E-state index is 2.73. The van der Waals surface area contributed by atoms with E-state index in [1.165, 1.54) is 336 Å². The Labute approximate surface area is 626 Å². The molecule has 0 saturated carbocycles. The summed E-state index contributed by atoms with van der Waals surface area (Å²) in [5.74, 6) is 0.